The number of thiazole rings is 1. The minimum absolute atomic E-state index is 0.133. The molecule has 1 amide bonds. The molecule has 1 atom stereocenters. The van der Waals surface area contributed by atoms with E-state index in [4.69, 9.17) is 19.2 Å². The number of nitrogens with zero attached hydrogens (tertiary/aromatic N) is 2. The number of fused-ring (bicyclic) bond motifs is 1. The molecule has 0 aliphatic carbocycles. The predicted octanol–water partition coefficient (Wildman–Crippen LogP) is 5.33. The Morgan fingerprint density at radius 3 is 2.20 bits per heavy atom. The van der Waals surface area contributed by atoms with Crippen molar-refractivity contribution in [2.24, 2.45) is 0 Å². The second-order valence-electron chi connectivity index (χ2n) is 6.71. The van der Waals surface area contributed by atoms with E-state index in [1.54, 1.807) is 35.4 Å². The Balaban J connectivity index is 1.93. The Hall–Kier alpha value is -2.80. The summed E-state index contributed by atoms with van der Waals surface area (Å²) >= 11 is 1.60. The van der Waals surface area contributed by atoms with Gasteiger partial charge in [-0.25, -0.2) is 4.98 Å². The number of hydrogen-bond donors (Lipinski definition) is 0. The van der Waals surface area contributed by atoms with Crippen molar-refractivity contribution in [3.63, 3.8) is 0 Å². The van der Waals surface area contributed by atoms with E-state index in [2.05, 4.69) is 0 Å². The van der Waals surface area contributed by atoms with Crippen molar-refractivity contribution >= 4 is 27.5 Å². The molecule has 0 saturated carbocycles. The van der Waals surface area contributed by atoms with E-state index in [-0.39, 0.29) is 11.9 Å². The van der Waals surface area contributed by atoms with Gasteiger partial charge < -0.3 is 19.1 Å². The monoisotopic (exact) mass is 428 g/mol. The first-order valence-corrected chi connectivity index (χ1v) is 11.0. The lowest BCUT2D eigenvalue weighted by Gasteiger charge is -2.24. The molecule has 7 heteroatoms. The van der Waals surface area contributed by atoms with Gasteiger partial charge in [-0.15, -0.1) is 11.3 Å². The molecule has 3 rings (SSSR count). The minimum atomic E-state index is -0.174. The average molecular weight is 429 g/mol. The molecule has 30 heavy (non-hydrogen) atoms. The van der Waals surface area contributed by atoms with Crippen molar-refractivity contribution in [3.05, 3.63) is 47.0 Å². The van der Waals surface area contributed by atoms with Gasteiger partial charge in [0.1, 0.15) is 5.01 Å². The number of para-hydroxylation sites is 1. The van der Waals surface area contributed by atoms with Crippen LogP contribution in [0, 0.1) is 0 Å². The molecule has 1 aromatic heterocycles. The summed E-state index contributed by atoms with van der Waals surface area (Å²) in [4.78, 5) is 19.7. The van der Waals surface area contributed by atoms with Crippen LogP contribution in [0.3, 0.4) is 0 Å². The Bertz CT molecular complexity index is 957. The number of amides is 1. The fourth-order valence-corrected chi connectivity index (χ4v) is 4.19. The molecule has 0 N–H and O–H groups in total. The first-order valence-electron chi connectivity index (χ1n) is 10.2. The highest BCUT2D eigenvalue weighted by molar-refractivity contribution is 7.18. The molecule has 0 aliphatic heterocycles. The van der Waals surface area contributed by atoms with E-state index in [0.717, 1.165) is 15.2 Å². The van der Waals surface area contributed by atoms with Crippen LogP contribution in [0.2, 0.25) is 0 Å². The lowest BCUT2D eigenvalue weighted by Crippen LogP contribution is -2.29. The molecule has 0 fully saturated rings. The van der Waals surface area contributed by atoms with Gasteiger partial charge in [0.05, 0.1) is 36.1 Å². The summed E-state index contributed by atoms with van der Waals surface area (Å²) in [6.07, 6.45) is 0. The maximum Gasteiger partial charge on any atom is 0.254 e. The van der Waals surface area contributed by atoms with Crippen molar-refractivity contribution in [3.8, 4) is 17.2 Å². The number of benzene rings is 2. The molecule has 0 bridgehead atoms. The van der Waals surface area contributed by atoms with Crippen LogP contribution in [0.15, 0.2) is 36.4 Å². The highest BCUT2D eigenvalue weighted by atomic mass is 32.1. The average Bonchev–Trinajstić information content (AvgIpc) is 3.19. The number of carbonyl (C=O) groups is 1. The fraction of sp³-hybridized carbons (Fsp3) is 0.391. The van der Waals surface area contributed by atoms with Gasteiger partial charge in [0.2, 0.25) is 5.75 Å². The summed E-state index contributed by atoms with van der Waals surface area (Å²) in [6, 6.07) is 11.3. The summed E-state index contributed by atoms with van der Waals surface area (Å²) in [5.41, 5.74) is 1.43. The van der Waals surface area contributed by atoms with Crippen molar-refractivity contribution in [2.45, 2.75) is 33.7 Å². The zero-order valence-corrected chi connectivity index (χ0v) is 18.9. The molecule has 0 unspecified atom stereocenters. The molecule has 0 radical (unpaired) electrons. The van der Waals surface area contributed by atoms with Crippen LogP contribution >= 0.6 is 11.3 Å². The van der Waals surface area contributed by atoms with E-state index in [0.29, 0.717) is 42.6 Å². The van der Waals surface area contributed by atoms with Gasteiger partial charge in [-0.1, -0.05) is 12.1 Å². The number of carbonyl (C=O) groups excluding carboxylic acids is 1. The fourth-order valence-electron chi connectivity index (χ4n) is 3.13. The third-order valence-corrected chi connectivity index (χ3v) is 5.93. The Kier molecular flexibility index (Phi) is 7.15. The maximum atomic E-state index is 13.3. The van der Waals surface area contributed by atoms with Crippen molar-refractivity contribution in [2.75, 3.05) is 26.9 Å². The van der Waals surface area contributed by atoms with Gasteiger partial charge in [0, 0.05) is 12.6 Å². The molecule has 160 valence electrons. The molecule has 1 heterocycles. The number of aromatic nitrogens is 1. The van der Waals surface area contributed by atoms with Crippen LogP contribution in [0.25, 0.3) is 10.2 Å². The highest BCUT2D eigenvalue weighted by Crippen LogP contribution is 2.40. The SMILES string of the molecule is CCOc1cc(C(=O)N(C)[C@H](C)c2nc3ccccc3s2)cc(OCC)c1OCC. The molecule has 0 saturated heterocycles. The smallest absolute Gasteiger partial charge is 0.254 e. The van der Waals surface area contributed by atoms with Gasteiger partial charge in [-0.2, -0.15) is 0 Å². The van der Waals surface area contributed by atoms with Crippen molar-refractivity contribution < 1.29 is 19.0 Å². The topological polar surface area (TPSA) is 60.9 Å². The van der Waals surface area contributed by atoms with Gasteiger partial charge >= 0.3 is 0 Å². The minimum Gasteiger partial charge on any atom is -0.490 e. The third kappa shape index (κ3) is 4.51. The number of rotatable bonds is 9. The number of hydrogen-bond acceptors (Lipinski definition) is 6. The zero-order chi connectivity index (χ0) is 21.7. The Morgan fingerprint density at radius 2 is 1.63 bits per heavy atom. The number of ether oxygens (including phenoxy) is 3. The molecular weight excluding hydrogens is 400 g/mol. The van der Waals surface area contributed by atoms with Crippen LogP contribution in [0.5, 0.6) is 17.2 Å². The van der Waals surface area contributed by atoms with E-state index >= 15 is 0 Å². The molecule has 0 spiro atoms. The van der Waals surface area contributed by atoms with Crippen LogP contribution in [-0.2, 0) is 0 Å². The molecular formula is C23H28N2O4S. The van der Waals surface area contributed by atoms with Gasteiger partial charge in [-0.3, -0.25) is 4.79 Å². The summed E-state index contributed by atoms with van der Waals surface area (Å²) in [5, 5.41) is 0.896. The van der Waals surface area contributed by atoms with Crippen molar-refractivity contribution in [1.82, 2.24) is 9.88 Å². The van der Waals surface area contributed by atoms with Crippen LogP contribution in [0.1, 0.15) is 49.1 Å². The lowest BCUT2D eigenvalue weighted by atomic mass is 10.1. The van der Waals surface area contributed by atoms with Gasteiger partial charge in [0.15, 0.2) is 11.5 Å². The van der Waals surface area contributed by atoms with Gasteiger partial charge in [0.25, 0.3) is 5.91 Å². The molecule has 0 aliphatic rings. The van der Waals surface area contributed by atoms with E-state index in [1.165, 1.54) is 0 Å². The largest absolute Gasteiger partial charge is 0.490 e. The summed E-state index contributed by atoms with van der Waals surface area (Å²) in [6.45, 7) is 9.07. The van der Waals surface area contributed by atoms with Gasteiger partial charge in [-0.05, 0) is 52.0 Å². The quantitative estimate of drug-likeness (QED) is 0.461. The second-order valence-corrected chi connectivity index (χ2v) is 7.77. The first-order chi connectivity index (χ1) is 14.5. The standard InChI is InChI=1S/C23H28N2O4S/c1-6-27-18-13-16(14-19(28-7-2)21(18)29-8-3)23(26)25(5)15(4)22-24-17-11-9-10-12-20(17)30-22/h9-15H,6-8H2,1-5H3/t15-/m1/s1. The zero-order valence-electron chi connectivity index (χ0n) is 18.1. The Morgan fingerprint density at radius 1 is 1.03 bits per heavy atom. The second kappa shape index (κ2) is 9.80. The summed E-state index contributed by atoms with van der Waals surface area (Å²) < 4.78 is 18.3. The molecule has 2 aromatic carbocycles. The summed E-state index contributed by atoms with van der Waals surface area (Å²) in [5.74, 6) is 1.41. The van der Waals surface area contributed by atoms with E-state index < -0.39 is 0 Å². The third-order valence-electron chi connectivity index (χ3n) is 4.73. The predicted molar refractivity (Wildman–Crippen MR) is 120 cm³/mol. The maximum absolute atomic E-state index is 13.3. The molecule has 6 nitrogen and oxygen atoms in total. The Labute approximate surface area is 181 Å². The molecule has 3 aromatic rings. The normalized spacial score (nSPS) is 11.9. The van der Waals surface area contributed by atoms with E-state index in [9.17, 15) is 4.79 Å². The lowest BCUT2D eigenvalue weighted by molar-refractivity contribution is 0.0741. The van der Waals surface area contributed by atoms with E-state index in [1.807, 2.05) is 52.0 Å². The van der Waals surface area contributed by atoms with Crippen LogP contribution < -0.4 is 14.2 Å². The first kappa shape index (κ1) is 21.9. The van der Waals surface area contributed by atoms with Crippen molar-refractivity contribution in [1.29, 1.82) is 0 Å². The van der Waals surface area contributed by atoms with Crippen LogP contribution in [-0.4, -0.2) is 42.7 Å². The summed E-state index contributed by atoms with van der Waals surface area (Å²) in [7, 11) is 1.79. The highest BCUT2D eigenvalue weighted by Gasteiger charge is 2.25. The van der Waals surface area contributed by atoms with Crippen LogP contribution in [0.4, 0.5) is 0 Å².